The second kappa shape index (κ2) is 9.87. The number of hydrogen-bond acceptors (Lipinski definition) is 4. The third-order valence-corrected chi connectivity index (χ3v) is 3.87. The van der Waals surface area contributed by atoms with Gasteiger partial charge >= 0.3 is 6.36 Å². The predicted molar refractivity (Wildman–Crippen MR) is 97.4 cm³/mol. The maximum Gasteiger partial charge on any atom is 0.573 e. The quantitative estimate of drug-likeness (QED) is 0.627. The Morgan fingerprint density at radius 3 is 2.14 bits per heavy atom. The van der Waals surface area contributed by atoms with Crippen LogP contribution in [0.4, 0.5) is 13.2 Å². The molecule has 0 radical (unpaired) electrons. The van der Waals surface area contributed by atoms with E-state index >= 15 is 0 Å². The number of alkyl halides is 3. The van der Waals surface area contributed by atoms with Gasteiger partial charge in [-0.15, -0.1) is 13.2 Å². The molecule has 2 aromatic rings. The Morgan fingerprint density at radius 1 is 1.00 bits per heavy atom. The molecule has 1 N–H and O–H groups in total. The first kappa shape index (κ1) is 21.4. The van der Waals surface area contributed by atoms with Crippen LogP contribution in [-0.4, -0.2) is 26.0 Å². The minimum Gasteiger partial charge on any atom is -0.497 e. The molecule has 28 heavy (non-hydrogen) atoms. The Kier molecular flexibility index (Phi) is 7.54. The summed E-state index contributed by atoms with van der Waals surface area (Å²) >= 11 is 0. The second-order valence-electron chi connectivity index (χ2n) is 6.03. The van der Waals surface area contributed by atoms with E-state index in [-0.39, 0.29) is 24.1 Å². The van der Waals surface area contributed by atoms with Gasteiger partial charge in [-0.3, -0.25) is 4.79 Å². The van der Waals surface area contributed by atoms with Crippen LogP contribution in [0.5, 0.6) is 17.2 Å². The Bertz CT molecular complexity index is 746. The molecule has 0 bridgehead atoms. The lowest BCUT2D eigenvalue weighted by molar-refractivity contribution is -0.274. The fraction of sp³-hybridized carbons (Fsp3) is 0.350. The minimum absolute atomic E-state index is 0.165. The second-order valence-corrected chi connectivity index (χ2v) is 6.03. The molecule has 1 atom stereocenters. The van der Waals surface area contributed by atoms with Gasteiger partial charge in [-0.25, -0.2) is 0 Å². The van der Waals surface area contributed by atoms with Crippen LogP contribution in [0.1, 0.15) is 31.4 Å². The number of carbonyl (C=O) groups is 1. The van der Waals surface area contributed by atoms with Crippen LogP contribution in [0.2, 0.25) is 0 Å². The van der Waals surface area contributed by atoms with Crippen molar-refractivity contribution in [2.75, 3.05) is 13.7 Å². The fourth-order valence-corrected chi connectivity index (χ4v) is 2.45. The molecule has 0 fully saturated rings. The van der Waals surface area contributed by atoms with Crippen molar-refractivity contribution in [3.05, 3.63) is 54.1 Å². The molecule has 2 rings (SSSR count). The maximum absolute atomic E-state index is 12.2. The topological polar surface area (TPSA) is 56.8 Å². The lowest BCUT2D eigenvalue weighted by Gasteiger charge is -2.15. The van der Waals surface area contributed by atoms with Gasteiger partial charge in [-0.1, -0.05) is 12.1 Å². The number of benzene rings is 2. The molecular weight excluding hydrogens is 375 g/mol. The lowest BCUT2D eigenvalue weighted by Crippen LogP contribution is -2.26. The van der Waals surface area contributed by atoms with Gasteiger partial charge in [-0.2, -0.15) is 0 Å². The average molecular weight is 397 g/mol. The van der Waals surface area contributed by atoms with Crippen LogP contribution < -0.4 is 19.5 Å². The summed E-state index contributed by atoms with van der Waals surface area (Å²) in [4.78, 5) is 12.0. The van der Waals surface area contributed by atoms with Crippen molar-refractivity contribution in [1.29, 1.82) is 0 Å². The molecule has 0 aliphatic heterocycles. The third-order valence-electron chi connectivity index (χ3n) is 3.87. The van der Waals surface area contributed by atoms with Gasteiger partial charge in [0.1, 0.15) is 17.2 Å². The lowest BCUT2D eigenvalue weighted by atomic mass is 10.1. The summed E-state index contributed by atoms with van der Waals surface area (Å²) < 4.78 is 50.9. The van der Waals surface area contributed by atoms with Gasteiger partial charge in [0.25, 0.3) is 0 Å². The first-order valence-corrected chi connectivity index (χ1v) is 8.69. The van der Waals surface area contributed by atoms with Crippen molar-refractivity contribution in [2.24, 2.45) is 0 Å². The number of nitrogens with one attached hydrogen (secondary N) is 1. The summed E-state index contributed by atoms with van der Waals surface area (Å²) in [5.74, 6) is 0.960. The van der Waals surface area contributed by atoms with Gasteiger partial charge in [0.05, 0.1) is 19.8 Å². The molecular formula is C20H22F3NO4. The minimum atomic E-state index is -4.73. The van der Waals surface area contributed by atoms with Gasteiger partial charge < -0.3 is 19.5 Å². The van der Waals surface area contributed by atoms with Crippen molar-refractivity contribution in [3.63, 3.8) is 0 Å². The van der Waals surface area contributed by atoms with Gasteiger partial charge in [-0.05, 0) is 55.3 Å². The number of ether oxygens (including phenoxy) is 3. The van der Waals surface area contributed by atoms with Crippen molar-refractivity contribution in [2.45, 2.75) is 32.2 Å². The van der Waals surface area contributed by atoms with Crippen LogP contribution in [0.15, 0.2) is 48.5 Å². The number of amides is 1. The van der Waals surface area contributed by atoms with Crippen molar-refractivity contribution in [3.8, 4) is 17.2 Å². The standard InChI is InChI=1S/C20H22F3NO4/c1-14(15-5-7-18(8-6-15)28-20(21,22)23)24-19(25)4-3-13-27-17-11-9-16(26-2)10-12-17/h5-12,14H,3-4,13H2,1-2H3,(H,24,25). The monoisotopic (exact) mass is 397 g/mol. The van der Waals surface area contributed by atoms with E-state index in [4.69, 9.17) is 9.47 Å². The Labute approximate surface area is 161 Å². The predicted octanol–water partition coefficient (Wildman–Crippen LogP) is 4.63. The third kappa shape index (κ3) is 7.38. The normalized spacial score (nSPS) is 12.2. The van der Waals surface area contributed by atoms with E-state index in [1.165, 1.54) is 24.3 Å². The molecule has 0 aromatic heterocycles. The van der Waals surface area contributed by atoms with Crippen LogP contribution >= 0.6 is 0 Å². The van der Waals surface area contributed by atoms with Gasteiger partial charge in [0.2, 0.25) is 5.91 Å². The van der Waals surface area contributed by atoms with E-state index in [2.05, 4.69) is 10.1 Å². The largest absolute Gasteiger partial charge is 0.573 e. The molecule has 8 heteroatoms. The number of carbonyl (C=O) groups excluding carboxylic acids is 1. The number of rotatable bonds is 9. The number of methoxy groups -OCH3 is 1. The Balaban J connectivity index is 1.71. The smallest absolute Gasteiger partial charge is 0.497 e. The van der Waals surface area contributed by atoms with Crippen LogP contribution in [0, 0.1) is 0 Å². The highest BCUT2D eigenvalue weighted by Crippen LogP contribution is 2.24. The summed E-state index contributed by atoms with van der Waals surface area (Å²) in [6.45, 7) is 2.14. The summed E-state index contributed by atoms with van der Waals surface area (Å²) in [5.41, 5.74) is 0.678. The molecule has 0 heterocycles. The highest BCUT2D eigenvalue weighted by Gasteiger charge is 2.31. The van der Waals surface area contributed by atoms with Crippen LogP contribution in [-0.2, 0) is 4.79 Å². The highest BCUT2D eigenvalue weighted by atomic mass is 19.4. The van der Waals surface area contributed by atoms with E-state index in [1.54, 1.807) is 38.3 Å². The maximum atomic E-state index is 12.2. The molecule has 0 saturated carbocycles. The first-order valence-electron chi connectivity index (χ1n) is 8.69. The summed E-state index contributed by atoms with van der Waals surface area (Å²) in [6, 6.07) is 12.2. The van der Waals surface area contributed by atoms with E-state index in [1.807, 2.05) is 0 Å². The van der Waals surface area contributed by atoms with Crippen LogP contribution in [0.25, 0.3) is 0 Å². The van der Waals surface area contributed by atoms with E-state index in [9.17, 15) is 18.0 Å². The zero-order valence-electron chi connectivity index (χ0n) is 15.6. The van der Waals surface area contributed by atoms with Gasteiger partial charge in [0, 0.05) is 6.42 Å². The summed E-state index contributed by atoms with van der Waals surface area (Å²) in [6.07, 6.45) is -3.92. The highest BCUT2D eigenvalue weighted by molar-refractivity contribution is 5.76. The molecule has 1 unspecified atom stereocenters. The van der Waals surface area contributed by atoms with E-state index in [0.29, 0.717) is 24.3 Å². The Hall–Kier alpha value is -2.90. The molecule has 0 saturated heterocycles. The zero-order chi connectivity index (χ0) is 20.6. The van der Waals surface area contributed by atoms with E-state index in [0.717, 1.165) is 5.75 Å². The first-order chi connectivity index (χ1) is 13.3. The van der Waals surface area contributed by atoms with Gasteiger partial charge in [0.15, 0.2) is 0 Å². The number of halogens is 3. The SMILES string of the molecule is COc1ccc(OCCCC(=O)NC(C)c2ccc(OC(F)(F)F)cc2)cc1. The van der Waals surface area contributed by atoms with Crippen molar-refractivity contribution < 1.29 is 32.2 Å². The summed E-state index contributed by atoms with van der Waals surface area (Å²) in [5, 5.41) is 2.80. The van der Waals surface area contributed by atoms with Crippen LogP contribution in [0.3, 0.4) is 0 Å². The fourth-order valence-electron chi connectivity index (χ4n) is 2.45. The average Bonchev–Trinajstić information content (AvgIpc) is 2.65. The zero-order valence-corrected chi connectivity index (χ0v) is 15.6. The molecule has 5 nitrogen and oxygen atoms in total. The van der Waals surface area contributed by atoms with Crippen molar-refractivity contribution in [1.82, 2.24) is 5.32 Å². The molecule has 0 aliphatic carbocycles. The summed E-state index contributed by atoms with van der Waals surface area (Å²) in [7, 11) is 1.58. The molecule has 152 valence electrons. The molecule has 2 aromatic carbocycles. The Morgan fingerprint density at radius 2 is 1.57 bits per heavy atom. The van der Waals surface area contributed by atoms with Crippen molar-refractivity contribution >= 4 is 5.91 Å². The number of hydrogen-bond donors (Lipinski definition) is 1. The van der Waals surface area contributed by atoms with E-state index < -0.39 is 6.36 Å². The molecule has 0 spiro atoms. The molecule has 1 amide bonds. The molecule has 0 aliphatic rings.